The second-order valence-corrected chi connectivity index (χ2v) is 7.02. The average molecular weight is 372 g/mol. The van der Waals surface area contributed by atoms with E-state index < -0.39 is 0 Å². The molecule has 0 unspecified atom stereocenters. The van der Waals surface area contributed by atoms with E-state index in [2.05, 4.69) is 15.5 Å². The number of hydrogen-bond acceptors (Lipinski definition) is 4. The van der Waals surface area contributed by atoms with Gasteiger partial charge < -0.3 is 15.5 Å². The van der Waals surface area contributed by atoms with Crippen LogP contribution in [0.2, 0.25) is 0 Å². The zero-order valence-corrected chi connectivity index (χ0v) is 15.5. The van der Waals surface area contributed by atoms with Crippen molar-refractivity contribution < 1.29 is 9.59 Å². The van der Waals surface area contributed by atoms with Crippen LogP contribution in [0.15, 0.2) is 47.2 Å². The Balaban J connectivity index is 1.32. The molecule has 1 aliphatic rings. The lowest BCUT2D eigenvalue weighted by Crippen LogP contribution is -2.52. The molecular formula is C19H24N4O2S. The highest BCUT2D eigenvalue weighted by Crippen LogP contribution is 2.06. The van der Waals surface area contributed by atoms with Crippen molar-refractivity contribution in [3.8, 4) is 0 Å². The van der Waals surface area contributed by atoms with Gasteiger partial charge in [-0.15, -0.1) is 0 Å². The maximum absolute atomic E-state index is 12.3. The van der Waals surface area contributed by atoms with Crippen molar-refractivity contribution >= 4 is 23.3 Å². The standard InChI is InChI=1S/C19H24N4O2S/c24-18(17-6-13-26-15-17)20-7-8-22-9-11-23(12-10-22)19(25)21-14-16-4-2-1-3-5-16/h1-6,13,15H,7-12,14H2,(H,20,24)(H,21,25). The molecule has 1 fully saturated rings. The number of amides is 3. The molecular weight excluding hydrogens is 348 g/mol. The summed E-state index contributed by atoms with van der Waals surface area (Å²) in [5, 5.41) is 9.66. The largest absolute Gasteiger partial charge is 0.351 e. The van der Waals surface area contributed by atoms with E-state index in [-0.39, 0.29) is 11.9 Å². The van der Waals surface area contributed by atoms with E-state index >= 15 is 0 Å². The summed E-state index contributed by atoms with van der Waals surface area (Å²) >= 11 is 1.52. The average Bonchev–Trinajstić information content (AvgIpc) is 3.22. The predicted molar refractivity (Wildman–Crippen MR) is 103 cm³/mol. The fourth-order valence-electron chi connectivity index (χ4n) is 2.88. The maximum atomic E-state index is 12.3. The Labute approximate surface area is 157 Å². The van der Waals surface area contributed by atoms with Crippen LogP contribution in [0.25, 0.3) is 0 Å². The van der Waals surface area contributed by atoms with Gasteiger partial charge in [0.25, 0.3) is 5.91 Å². The van der Waals surface area contributed by atoms with Gasteiger partial charge in [0.05, 0.1) is 0 Å². The number of hydrogen-bond donors (Lipinski definition) is 2. The Bertz CT molecular complexity index is 698. The fourth-order valence-corrected chi connectivity index (χ4v) is 3.52. The Hall–Kier alpha value is -2.38. The Kier molecular flexibility index (Phi) is 6.62. The zero-order chi connectivity index (χ0) is 18.2. The van der Waals surface area contributed by atoms with Crippen LogP contribution in [0.1, 0.15) is 15.9 Å². The molecule has 1 saturated heterocycles. The summed E-state index contributed by atoms with van der Waals surface area (Å²) in [6.45, 7) is 5.04. The van der Waals surface area contributed by atoms with Crippen LogP contribution in [0, 0.1) is 0 Å². The van der Waals surface area contributed by atoms with E-state index in [0.717, 1.165) is 30.8 Å². The van der Waals surface area contributed by atoms with Gasteiger partial charge in [0.2, 0.25) is 0 Å². The normalized spacial score (nSPS) is 14.8. The first-order valence-corrected chi connectivity index (χ1v) is 9.76. The first-order valence-electron chi connectivity index (χ1n) is 8.82. The van der Waals surface area contributed by atoms with Crippen LogP contribution in [-0.4, -0.2) is 61.0 Å². The molecule has 7 heteroatoms. The minimum absolute atomic E-state index is 0.0146. The highest BCUT2D eigenvalue weighted by molar-refractivity contribution is 7.08. The second-order valence-electron chi connectivity index (χ2n) is 6.24. The number of nitrogens with zero attached hydrogens (tertiary/aromatic N) is 2. The predicted octanol–water partition coefficient (Wildman–Crippen LogP) is 2.01. The molecule has 0 bridgehead atoms. The monoisotopic (exact) mass is 372 g/mol. The van der Waals surface area contributed by atoms with Gasteiger partial charge in [0.1, 0.15) is 0 Å². The highest BCUT2D eigenvalue weighted by Gasteiger charge is 2.20. The van der Waals surface area contributed by atoms with Crippen molar-refractivity contribution in [1.82, 2.24) is 20.4 Å². The summed E-state index contributed by atoms with van der Waals surface area (Å²) < 4.78 is 0. The third kappa shape index (κ3) is 5.31. The van der Waals surface area contributed by atoms with Crippen LogP contribution < -0.4 is 10.6 Å². The molecule has 1 aromatic heterocycles. The molecule has 0 spiro atoms. The Morgan fingerprint density at radius 2 is 1.77 bits per heavy atom. The summed E-state index contributed by atoms with van der Waals surface area (Å²) in [7, 11) is 0. The molecule has 1 aromatic carbocycles. The highest BCUT2D eigenvalue weighted by atomic mass is 32.1. The molecule has 1 aliphatic heterocycles. The van der Waals surface area contributed by atoms with Gasteiger partial charge in [-0.25, -0.2) is 4.79 Å². The van der Waals surface area contributed by atoms with Gasteiger partial charge in [-0.2, -0.15) is 11.3 Å². The molecule has 2 heterocycles. The Morgan fingerprint density at radius 1 is 1.00 bits per heavy atom. The van der Waals surface area contributed by atoms with Crippen LogP contribution in [0.4, 0.5) is 4.79 Å². The van der Waals surface area contributed by atoms with Crippen molar-refractivity contribution in [2.45, 2.75) is 6.54 Å². The van der Waals surface area contributed by atoms with Crippen LogP contribution >= 0.6 is 11.3 Å². The number of piperazine rings is 1. The van der Waals surface area contributed by atoms with Gasteiger partial charge in [-0.1, -0.05) is 30.3 Å². The molecule has 0 aliphatic carbocycles. The summed E-state index contributed by atoms with van der Waals surface area (Å²) in [5.74, 6) is -0.0230. The molecule has 2 N–H and O–H groups in total. The number of urea groups is 1. The van der Waals surface area contributed by atoms with Crippen molar-refractivity contribution in [1.29, 1.82) is 0 Å². The van der Waals surface area contributed by atoms with Gasteiger partial charge >= 0.3 is 6.03 Å². The number of benzene rings is 1. The summed E-state index contributed by atoms with van der Waals surface area (Å²) in [6, 6.07) is 11.7. The third-order valence-corrected chi connectivity index (χ3v) is 5.13. The number of rotatable bonds is 6. The second kappa shape index (κ2) is 9.35. The molecule has 138 valence electrons. The van der Waals surface area contributed by atoms with Crippen molar-refractivity contribution in [3.63, 3.8) is 0 Å². The van der Waals surface area contributed by atoms with Gasteiger partial charge in [0, 0.05) is 56.8 Å². The van der Waals surface area contributed by atoms with Crippen LogP contribution in [0.3, 0.4) is 0 Å². The van der Waals surface area contributed by atoms with Crippen molar-refractivity contribution in [3.05, 3.63) is 58.3 Å². The van der Waals surface area contributed by atoms with Crippen molar-refractivity contribution in [2.24, 2.45) is 0 Å². The first kappa shape index (κ1) is 18.4. The quantitative estimate of drug-likeness (QED) is 0.815. The summed E-state index contributed by atoms with van der Waals surface area (Å²) in [4.78, 5) is 28.3. The molecule has 3 amide bonds. The lowest BCUT2D eigenvalue weighted by atomic mass is 10.2. The van der Waals surface area contributed by atoms with E-state index in [0.29, 0.717) is 26.2 Å². The molecule has 0 radical (unpaired) electrons. The lowest BCUT2D eigenvalue weighted by Gasteiger charge is -2.34. The lowest BCUT2D eigenvalue weighted by molar-refractivity contribution is 0.0942. The van der Waals surface area contributed by atoms with E-state index in [1.54, 1.807) is 0 Å². The fraction of sp³-hybridized carbons (Fsp3) is 0.368. The van der Waals surface area contributed by atoms with E-state index in [1.165, 1.54) is 11.3 Å². The number of thiophene rings is 1. The molecule has 2 aromatic rings. The van der Waals surface area contributed by atoms with E-state index in [4.69, 9.17) is 0 Å². The first-order chi connectivity index (χ1) is 12.7. The maximum Gasteiger partial charge on any atom is 0.317 e. The van der Waals surface area contributed by atoms with Gasteiger partial charge in [-0.05, 0) is 17.0 Å². The van der Waals surface area contributed by atoms with E-state index in [9.17, 15) is 9.59 Å². The molecule has 26 heavy (non-hydrogen) atoms. The minimum atomic E-state index is -0.0230. The topological polar surface area (TPSA) is 64.7 Å². The van der Waals surface area contributed by atoms with Gasteiger partial charge in [-0.3, -0.25) is 9.69 Å². The van der Waals surface area contributed by atoms with Crippen molar-refractivity contribution in [2.75, 3.05) is 39.3 Å². The number of carbonyl (C=O) groups excluding carboxylic acids is 2. The van der Waals surface area contributed by atoms with Gasteiger partial charge in [0.15, 0.2) is 0 Å². The number of carbonyl (C=O) groups is 2. The Morgan fingerprint density at radius 3 is 2.46 bits per heavy atom. The minimum Gasteiger partial charge on any atom is -0.351 e. The number of nitrogens with one attached hydrogen (secondary N) is 2. The third-order valence-electron chi connectivity index (χ3n) is 4.44. The SMILES string of the molecule is O=C(NCCN1CCN(C(=O)NCc2ccccc2)CC1)c1ccsc1. The zero-order valence-electron chi connectivity index (χ0n) is 14.7. The summed E-state index contributed by atoms with van der Waals surface area (Å²) in [5.41, 5.74) is 1.82. The summed E-state index contributed by atoms with van der Waals surface area (Å²) in [6.07, 6.45) is 0. The smallest absolute Gasteiger partial charge is 0.317 e. The van der Waals surface area contributed by atoms with Crippen LogP contribution in [0.5, 0.6) is 0 Å². The molecule has 6 nitrogen and oxygen atoms in total. The molecule has 3 rings (SSSR count). The molecule has 0 saturated carbocycles. The molecule has 0 atom stereocenters. The van der Waals surface area contributed by atoms with E-state index in [1.807, 2.05) is 52.1 Å². The van der Waals surface area contributed by atoms with Crippen LogP contribution in [-0.2, 0) is 6.54 Å².